The Morgan fingerprint density at radius 2 is 2.09 bits per heavy atom. The van der Waals surface area contributed by atoms with E-state index in [1.54, 1.807) is 0 Å². The third kappa shape index (κ3) is 5.24. The summed E-state index contributed by atoms with van der Waals surface area (Å²) in [4.78, 5) is 15.0. The van der Waals surface area contributed by atoms with Crippen molar-refractivity contribution in [1.82, 2.24) is 10.2 Å². The molecular formula is C28H38N2O4. The molecule has 1 unspecified atom stereocenters. The summed E-state index contributed by atoms with van der Waals surface area (Å²) < 4.78 is 18.3. The van der Waals surface area contributed by atoms with Crippen molar-refractivity contribution >= 4 is 5.91 Å². The highest BCUT2D eigenvalue weighted by molar-refractivity contribution is 5.96. The Labute approximate surface area is 203 Å². The predicted octanol–water partition coefficient (Wildman–Crippen LogP) is 4.45. The van der Waals surface area contributed by atoms with Crippen molar-refractivity contribution in [3.8, 4) is 5.75 Å². The van der Waals surface area contributed by atoms with Crippen LogP contribution in [0.1, 0.15) is 69.4 Å². The Bertz CT molecular complexity index is 942. The molecule has 2 aliphatic carbocycles. The van der Waals surface area contributed by atoms with E-state index >= 15 is 0 Å². The Morgan fingerprint density at radius 1 is 1.26 bits per heavy atom. The maximum Gasteiger partial charge on any atom is 0.251 e. The van der Waals surface area contributed by atoms with E-state index in [4.69, 9.17) is 14.2 Å². The van der Waals surface area contributed by atoms with Gasteiger partial charge in [0.25, 0.3) is 5.91 Å². The van der Waals surface area contributed by atoms with Crippen LogP contribution < -0.4 is 10.1 Å². The average molecular weight is 467 g/mol. The van der Waals surface area contributed by atoms with Gasteiger partial charge in [-0.3, -0.25) is 9.69 Å². The molecule has 1 aromatic rings. The molecule has 1 aromatic carbocycles. The number of fused-ring (bicyclic) bond motifs is 1. The summed E-state index contributed by atoms with van der Waals surface area (Å²) in [6.45, 7) is 7.77. The van der Waals surface area contributed by atoms with E-state index in [0.717, 1.165) is 55.3 Å². The van der Waals surface area contributed by atoms with Crippen molar-refractivity contribution < 1.29 is 19.0 Å². The first-order valence-electron chi connectivity index (χ1n) is 13.0. The van der Waals surface area contributed by atoms with E-state index in [-0.39, 0.29) is 17.9 Å². The van der Waals surface area contributed by atoms with E-state index in [1.165, 1.54) is 24.8 Å². The number of nitrogens with zero attached hydrogens (tertiary/aromatic N) is 1. The van der Waals surface area contributed by atoms with Crippen molar-refractivity contribution in [2.45, 2.75) is 82.8 Å². The summed E-state index contributed by atoms with van der Waals surface area (Å²) >= 11 is 0. The zero-order chi connectivity index (χ0) is 23.5. The number of carbonyl (C=O) groups excluding carboxylic acids is 1. The Kier molecular flexibility index (Phi) is 7.09. The van der Waals surface area contributed by atoms with Gasteiger partial charge in [0, 0.05) is 55.6 Å². The molecule has 1 saturated carbocycles. The van der Waals surface area contributed by atoms with Crippen LogP contribution in [0.3, 0.4) is 0 Å². The van der Waals surface area contributed by atoms with Crippen LogP contribution in [-0.4, -0.2) is 55.0 Å². The molecule has 0 radical (unpaired) electrons. The highest BCUT2D eigenvalue weighted by Gasteiger charge is 2.42. The molecule has 0 aromatic heterocycles. The number of amides is 1. The summed E-state index contributed by atoms with van der Waals surface area (Å²) in [5.74, 6) is 0.729. The molecule has 1 saturated heterocycles. The summed E-state index contributed by atoms with van der Waals surface area (Å²) in [6.07, 6.45) is 13.0. The Balaban J connectivity index is 1.14. The SMILES string of the molecule is CC(C)OCCNC(=O)C1=CCC(c2ccc3c(c2)COC2(CCN(C4CCC4)CC2)O3)C=C1. The number of benzene rings is 1. The third-order valence-corrected chi connectivity index (χ3v) is 7.65. The number of likely N-dealkylation sites (tertiary alicyclic amines) is 1. The second-order valence-corrected chi connectivity index (χ2v) is 10.3. The largest absolute Gasteiger partial charge is 0.462 e. The summed E-state index contributed by atoms with van der Waals surface area (Å²) in [7, 11) is 0. The van der Waals surface area contributed by atoms with Crippen LogP contribution in [0.25, 0.3) is 0 Å². The molecule has 1 N–H and O–H groups in total. The smallest absolute Gasteiger partial charge is 0.251 e. The van der Waals surface area contributed by atoms with E-state index in [9.17, 15) is 4.79 Å². The van der Waals surface area contributed by atoms with Crippen molar-refractivity contribution in [3.05, 3.63) is 53.1 Å². The third-order valence-electron chi connectivity index (χ3n) is 7.65. The molecule has 184 valence electrons. The van der Waals surface area contributed by atoms with Crippen molar-refractivity contribution in [2.75, 3.05) is 26.2 Å². The lowest BCUT2D eigenvalue weighted by Gasteiger charge is -2.47. The van der Waals surface area contributed by atoms with Gasteiger partial charge in [-0.2, -0.15) is 0 Å². The van der Waals surface area contributed by atoms with Gasteiger partial charge < -0.3 is 19.5 Å². The minimum absolute atomic E-state index is 0.0389. The van der Waals surface area contributed by atoms with Crippen molar-refractivity contribution in [1.29, 1.82) is 0 Å². The number of allylic oxidation sites excluding steroid dienone is 2. The summed E-state index contributed by atoms with van der Waals surface area (Å²) in [6, 6.07) is 7.28. The zero-order valence-electron chi connectivity index (χ0n) is 20.6. The van der Waals surface area contributed by atoms with Gasteiger partial charge >= 0.3 is 0 Å². The van der Waals surface area contributed by atoms with Gasteiger partial charge in [0.05, 0.1) is 19.3 Å². The van der Waals surface area contributed by atoms with Crippen molar-refractivity contribution in [3.63, 3.8) is 0 Å². The van der Waals surface area contributed by atoms with Gasteiger partial charge in [-0.05, 0) is 50.8 Å². The number of ether oxygens (including phenoxy) is 3. The molecule has 0 bridgehead atoms. The average Bonchev–Trinajstić information content (AvgIpc) is 2.82. The van der Waals surface area contributed by atoms with Gasteiger partial charge in [-0.15, -0.1) is 0 Å². The fourth-order valence-electron chi connectivity index (χ4n) is 5.31. The molecule has 2 aliphatic heterocycles. The van der Waals surface area contributed by atoms with Crippen LogP contribution in [-0.2, 0) is 20.9 Å². The lowest BCUT2D eigenvalue weighted by molar-refractivity contribution is -0.231. The standard InChI is InChI=1S/C28H38N2O4/c1-20(2)32-17-14-29-27(31)22-8-6-21(7-9-22)23-10-11-26-24(18-23)19-33-28(34-26)12-15-30(16-13-28)25-4-3-5-25/h6,8-11,18,20-21,25H,3-5,7,12-17,19H2,1-2H3,(H,29,31). The molecular weight excluding hydrogens is 428 g/mol. The lowest BCUT2D eigenvalue weighted by atomic mass is 9.88. The van der Waals surface area contributed by atoms with Crippen LogP contribution in [0.5, 0.6) is 5.75 Å². The first-order valence-corrected chi connectivity index (χ1v) is 13.0. The fraction of sp³-hybridized carbons (Fsp3) is 0.607. The minimum Gasteiger partial charge on any atom is -0.462 e. The molecule has 4 aliphatic rings. The molecule has 34 heavy (non-hydrogen) atoms. The number of hydrogen-bond donors (Lipinski definition) is 1. The lowest BCUT2D eigenvalue weighted by Crippen LogP contribution is -2.54. The maximum atomic E-state index is 12.4. The number of nitrogens with one attached hydrogen (secondary N) is 1. The number of carbonyl (C=O) groups is 1. The number of piperidine rings is 1. The normalized spacial score (nSPS) is 24.3. The molecule has 5 rings (SSSR count). The zero-order valence-corrected chi connectivity index (χ0v) is 20.6. The maximum absolute atomic E-state index is 12.4. The topological polar surface area (TPSA) is 60.0 Å². The van der Waals surface area contributed by atoms with E-state index in [2.05, 4.69) is 34.5 Å². The first-order chi connectivity index (χ1) is 16.5. The van der Waals surface area contributed by atoms with Crippen molar-refractivity contribution in [2.24, 2.45) is 0 Å². The predicted molar refractivity (Wildman–Crippen MR) is 132 cm³/mol. The molecule has 6 heteroatoms. The van der Waals surface area contributed by atoms with Crippen LogP contribution in [0.2, 0.25) is 0 Å². The van der Waals surface area contributed by atoms with Crippen LogP contribution in [0.15, 0.2) is 42.0 Å². The van der Waals surface area contributed by atoms with Gasteiger partial charge in [-0.25, -0.2) is 0 Å². The first kappa shape index (κ1) is 23.6. The van der Waals surface area contributed by atoms with Gasteiger partial charge in [0.15, 0.2) is 0 Å². The van der Waals surface area contributed by atoms with E-state index < -0.39 is 5.79 Å². The second-order valence-electron chi connectivity index (χ2n) is 10.3. The minimum atomic E-state index is -0.454. The highest BCUT2D eigenvalue weighted by atomic mass is 16.7. The fourth-order valence-corrected chi connectivity index (χ4v) is 5.31. The Hall–Kier alpha value is -2.15. The Morgan fingerprint density at radius 3 is 2.76 bits per heavy atom. The second kappa shape index (κ2) is 10.2. The number of hydrogen-bond acceptors (Lipinski definition) is 5. The summed E-state index contributed by atoms with van der Waals surface area (Å²) in [5.41, 5.74) is 3.08. The van der Waals surface area contributed by atoms with Gasteiger partial charge in [0.2, 0.25) is 5.79 Å². The van der Waals surface area contributed by atoms with E-state index in [1.807, 2.05) is 26.0 Å². The quantitative estimate of drug-likeness (QED) is 0.602. The van der Waals surface area contributed by atoms with Crippen LogP contribution >= 0.6 is 0 Å². The molecule has 1 spiro atoms. The van der Waals surface area contributed by atoms with Gasteiger partial charge in [0.1, 0.15) is 5.75 Å². The van der Waals surface area contributed by atoms with E-state index in [0.29, 0.717) is 19.8 Å². The number of rotatable bonds is 7. The summed E-state index contributed by atoms with van der Waals surface area (Å²) in [5, 5.41) is 2.93. The monoisotopic (exact) mass is 466 g/mol. The van der Waals surface area contributed by atoms with Crippen LogP contribution in [0, 0.1) is 0 Å². The van der Waals surface area contributed by atoms with Crippen LogP contribution in [0.4, 0.5) is 0 Å². The molecule has 1 amide bonds. The highest BCUT2D eigenvalue weighted by Crippen LogP contribution is 2.40. The molecule has 2 fully saturated rings. The molecule has 2 heterocycles. The molecule has 1 atom stereocenters. The van der Waals surface area contributed by atoms with Gasteiger partial charge in [-0.1, -0.05) is 30.7 Å². The molecule has 6 nitrogen and oxygen atoms in total.